The molecule has 136 valence electrons. The molecule has 26 heavy (non-hydrogen) atoms. The van der Waals surface area contributed by atoms with Crippen LogP contribution >= 0.6 is 35.4 Å². The molecular weight excluding hydrogens is 395 g/mol. The van der Waals surface area contributed by atoms with Gasteiger partial charge in [-0.3, -0.25) is 10.1 Å². The zero-order valence-corrected chi connectivity index (χ0v) is 16.3. The molecule has 5 nitrogen and oxygen atoms in total. The number of carbonyl (C=O) groups excluding carboxylic acids is 1. The molecule has 0 spiro atoms. The maximum atomic E-state index is 12.0. The number of nitrogens with one attached hydrogen (secondary N) is 2. The van der Waals surface area contributed by atoms with Crippen LogP contribution < -0.4 is 20.1 Å². The monoisotopic (exact) mass is 410 g/mol. The molecule has 0 saturated heterocycles. The lowest BCUT2D eigenvalue weighted by Gasteiger charge is -2.09. The quantitative estimate of drug-likeness (QED) is 0.559. The molecule has 2 N–H and O–H groups in total. The Kier molecular flexibility index (Phi) is 7.26. The number of halogens is 2. The second-order valence-electron chi connectivity index (χ2n) is 5.02. The number of thiocarbonyl (C=S) groups is 1. The number of rotatable bonds is 5. The van der Waals surface area contributed by atoms with E-state index < -0.39 is 0 Å². The molecule has 2 aromatic carbocycles. The van der Waals surface area contributed by atoms with Crippen molar-refractivity contribution < 1.29 is 14.3 Å². The van der Waals surface area contributed by atoms with Gasteiger partial charge < -0.3 is 14.8 Å². The Balaban J connectivity index is 1.96. The van der Waals surface area contributed by atoms with Gasteiger partial charge in [-0.15, -0.1) is 0 Å². The Hall–Kier alpha value is -2.28. The van der Waals surface area contributed by atoms with Crippen molar-refractivity contribution in [2.75, 3.05) is 19.5 Å². The Morgan fingerprint density at radius 2 is 1.77 bits per heavy atom. The van der Waals surface area contributed by atoms with Gasteiger partial charge in [0.1, 0.15) is 0 Å². The highest BCUT2D eigenvalue weighted by Crippen LogP contribution is 2.28. The van der Waals surface area contributed by atoms with Crippen molar-refractivity contribution >= 4 is 58.2 Å². The molecule has 0 aliphatic heterocycles. The van der Waals surface area contributed by atoms with E-state index in [1.165, 1.54) is 6.08 Å². The minimum Gasteiger partial charge on any atom is -0.493 e. The van der Waals surface area contributed by atoms with Crippen molar-refractivity contribution in [1.29, 1.82) is 0 Å². The first-order chi connectivity index (χ1) is 12.4. The van der Waals surface area contributed by atoms with E-state index in [1.807, 2.05) is 0 Å². The van der Waals surface area contributed by atoms with Crippen LogP contribution in [-0.2, 0) is 4.79 Å². The zero-order valence-electron chi connectivity index (χ0n) is 14.0. The maximum Gasteiger partial charge on any atom is 0.250 e. The molecule has 2 rings (SSSR count). The van der Waals surface area contributed by atoms with E-state index in [9.17, 15) is 4.79 Å². The van der Waals surface area contributed by atoms with Crippen LogP contribution in [0.15, 0.2) is 42.5 Å². The number of methoxy groups -OCH3 is 2. The predicted octanol–water partition coefficient (Wildman–Crippen LogP) is 4.54. The van der Waals surface area contributed by atoms with Crippen molar-refractivity contribution in [2.45, 2.75) is 0 Å². The number of hydrogen-bond acceptors (Lipinski definition) is 4. The fourth-order valence-corrected chi connectivity index (χ4v) is 2.53. The van der Waals surface area contributed by atoms with Gasteiger partial charge in [0.2, 0.25) is 5.91 Å². The fourth-order valence-electron chi connectivity index (χ4n) is 2.02. The van der Waals surface area contributed by atoms with Crippen LogP contribution in [0.1, 0.15) is 5.56 Å². The van der Waals surface area contributed by atoms with Crippen LogP contribution in [0, 0.1) is 0 Å². The van der Waals surface area contributed by atoms with Crippen LogP contribution in [0.5, 0.6) is 11.5 Å². The van der Waals surface area contributed by atoms with E-state index in [4.69, 9.17) is 44.9 Å². The van der Waals surface area contributed by atoms with E-state index in [0.717, 1.165) is 5.56 Å². The van der Waals surface area contributed by atoms with Gasteiger partial charge in [0.15, 0.2) is 16.6 Å². The summed E-state index contributed by atoms with van der Waals surface area (Å²) in [7, 11) is 3.10. The van der Waals surface area contributed by atoms with E-state index in [1.54, 1.807) is 56.7 Å². The standard InChI is InChI=1S/C18H16Cl2N2O3S/c1-24-15-7-3-11(9-16(15)25-2)4-8-17(23)22-18(26)21-12-5-6-13(19)14(20)10-12/h3-10H,1-2H3,(H2,21,22,23,26)/b8-4+. The molecule has 2 aromatic rings. The Morgan fingerprint density at radius 1 is 1.04 bits per heavy atom. The van der Waals surface area contributed by atoms with Crippen molar-refractivity contribution in [1.82, 2.24) is 5.32 Å². The highest BCUT2D eigenvalue weighted by molar-refractivity contribution is 7.80. The van der Waals surface area contributed by atoms with Crippen molar-refractivity contribution in [3.63, 3.8) is 0 Å². The molecule has 0 radical (unpaired) electrons. The smallest absolute Gasteiger partial charge is 0.250 e. The third-order valence-corrected chi connectivity index (χ3v) is 4.19. The van der Waals surface area contributed by atoms with Gasteiger partial charge in [-0.1, -0.05) is 29.3 Å². The normalized spacial score (nSPS) is 10.5. The first kappa shape index (κ1) is 20.0. The van der Waals surface area contributed by atoms with Crippen LogP contribution in [0.2, 0.25) is 10.0 Å². The number of hydrogen-bond donors (Lipinski definition) is 2. The van der Waals surface area contributed by atoms with Crippen molar-refractivity contribution in [2.24, 2.45) is 0 Å². The van der Waals surface area contributed by atoms with Crippen molar-refractivity contribution in [3.05, 3.63) is 58.1 Å². The average molecular weight is 411 g/mol. The summed E-state index contributed by atoms with van der Waals surface area (Å²) in [6, 6.07) is 10.3. The number of amides is 1. The summed E-state index contributed by atoms with van der Waals surface area (Å²) in [6.45, 7) is 0. The van der Waals surface area contributed by atoms with E-state index in [-0.39, 0.29) is 11.0 Å². The van der Waals surface area contributed by atoms with Gasteiger partial charge in [0.25, 0.3) is 0 Å². The molecular formula is C18H16Cl2N2O3S. The van der Waals surface area contributed by atoms with Crippen molar-refractivity contribution in [3.8, 4) is 11.5 Å². The number of carbonyl (C=O) groups is 1. The number of ether oxygens (including phenoxy) is 2. The third kappa shape index (κ3) is 5.62. The Labute approximate surface area is 166 Å². The minimum atomic E-state index is -0.377. The van der Waals surface area contributed by atoms with Gasteiger partial charge in [0.05, 0.1) is 24.3 Å². The third-order valence-electron chi connectivity index (χ3n) is 3.25. The second kappa shape index (κ2) is 9.43. The highest BCUT2D eigenvalue weighted by atomic mass is 35.5. The van der Waals surface area contributed by atoms with Gasteiger partial charge in [0, 0.05) is 11.8 Å². The summed E-state index contributed by atoms with van der Waals surface area (Å²) in [5.74, 6) is 0.810. The molecule has 0 aliphatic rings. The molecule has 0 aliphatic carbocycles. The molecule has 0 heterocycles. The van der Waals surface area contributed by atoms with Gasteiger partial charge in [-0.05, 0) is 54.2 Å². The topological polar surface area (TPSA) is 59.6 Å². The minimum absolute atomic E-state index is 0.144. The Bertz CT molecular complexity index is 856. The van der Waals surface area contributed by atoms with Crippen LogP contribution in [0.25, 0.3) is 6.08 Å². The SMILES string of the molecule is COc1ccc(/C=C/C(=O)NC(=S)Nc2ccc(Cl)c(Cl)c2)cc1OC. The van der Waals surface area contributed by atoms with Crippen LogP contribution in [0.4, 0.5) is 5.69 Å². The largest absolute Gasteiger partial charge is 0.493 e. The van der Waals surface area contributed by atoms with Gasteiger partial charge >= 0.3 is 0 Å². The molecule has 0 unspecified atom stereocenters. The van der Waals surface area contributed by atoms with Gasteiger partial charge in [-0.2, -0.15) is 0 Å². The zero-order chi connectivity index (χ0) is 19.1. The summed E-state index contributed by atoms with van der Waals surface area (Å²) in [5.41, 5.74) is 1.40. The first-order valence-electron chi connectivity index (χ1n) is 7.40. The van der Waals surface area contributed by atoms with Crippen LogP contribution in [0.3, 0.4) is 0 Å². The summed E-state index contributed by atoms with van der Waals surface area (Å²) < 4.78 is 10.4. The molecule has 0 saturated carbocycles. The molecule has 8 heteroatoms. The maximum absolute atomic E-state index is 12.0. The summed E-state index contributed by atoms with van der Waals surface area (Å²) in [6.07, 6.45) is 3.00. The molecule has 0 fully saturated rings. The lowest BCUT2D eigenvalue weighted by molar-refractivity contribution is -0.115. The van der Waals surface area contributed by atoms with E-state index in [2.05, 4.69) is 10.6 Å². The Morgan fingerprint density at radius 3 is 2.42 bits per heavy atom. The summed E-state index contributed by atoms with van der Waals surface area (Å²) >= 11 is 16.9. The average Bonchev–Trinajstić information content (AvgIpc) is 2.62. The first-order valence-corrected chi connectivity index (χ1v) is 8.56. The number of benzene rings is 2. The van der Waals surface area contributed by atoms with E-state index in [0.29, 0.717) is 27.2 Å². The van der Waals surface area contributed by atoms with E-state index >= 15 is 0 Å². The molecule has 0 atom stereocenters. The lowest BCUT2D eigenvalue weighted by atomic mass is 10.2. The summed E-state index contributed by atoms with van der Waals surface area (Å²) in [4.78, 5) is 12.0. The second-order valence-corrected chi connectivity index (χ2v) is 6.24. The van der Waals surface area contributed by atoms with Gasteiger partial charge in [-0.25, -0.2) is 0 Å². The lowest BCUT2D eigenvalue weighted by Crippen LogP contribution is -2.32. The summed E-state index contributed by atoms with van der Waals surface area (Å²) in [5, 5.41) is 6.37. The number of anilines is 1. The molecule has 1 amide bonds. The highest BCUT2D eigenvalue weighted by Gasteiger charge is 2.05. The van der Waals surface area contributed by atoms with Crippen LogP contribution in [-0.4, -0.2) is 25.2 Å². The molecule has 0 aromatic heterocycles. The molecule has 0 bridgehead atoms. The fraction of sp³-hybridized carbons (Fsp3) is 0.111. The predicted molar refractivity (Wildman–Crippen MR) is 109 cm³/mol.